The van der Waals surface area contributed by atoms with Gasteiger partial charge in [0.15, 0.2) is 0 Å². The first-order valence-corrected chi connectivity index (χ1v) is 6.68. The Kier molecular flexibility index (Phi) is 6.56. The highest BCUT2D eigenvalue weighted by atomic mass is 16.3. The first-order valence-electron chi connectivity index (χ1n) is 6.68. The van der Waals surface area contributed by atoms with Gasteiger partial charge >= 0.3 is 0 Å². The van der Waals surface area contributed by atoms with Crippen molar-refractivity contribution in [1.82, 2.24) is 15.2 Å². The van der Waals surface area contributed by atoms with Crippen LogP contribution in [0.4, 0.5) is 0 Å². The number of nitrogens with two attached hydrogens (primary N) is 1. The second-order valence-electron chi connectivity index (χ2n) is 5.15. The average molecular weight is 258 g/mol. The number of rotatable bonds is 5. The van der Waals surface area contributed by atoms with E-state index in [-0.39, 0.29) is 24.5 Å². The summed E-state index contributed by atoms with van der Waals surface area (Å²) in [6.45, 7) is 8.59. The van der Waals surface area contributed by atoms with E-state index in [2.05, 4.69) is 15.2 Å². The number of hydrazine groups is 1. The molecule has 0 aliphatic carbocycles. The van der Waals surface area contributed by atoms with Crippen molar-refractivity contribution in [2.24, 2.45) is 11.8 Å². The van der Waals surface area contributed by atoms with Gasteiger partial charge in [-0.05, 0) is 18.9 Å². The molecule has 0 aromatic heterocycles. The fourth-order valence-corrected chi connectivity index (χ4v) is 2.61. The minimum Gasteiger partial charge on any atom is -0.395 e. The lowest BCUT2D eigenvalue weighted by molar-refractivity contribution is -0.128. The van der Waals surface area contributed by atoms with E-state index in [0.717, 1.165) is 32.6 Å². The van der Waals surface area contributed by atoms with E-state index in [1.54, 1.807) is 0 Å². The van der Waals surface area contributed by atoms with Gasteiger partial charge in [-0.2, -0.15) is 0 Å². The summed E-state index contributed by atoms with van der Waals surface area (Å²) in [5, 5.41) is 8.96. The topological polar surface area (TPSA) is 81.8 Å². The van der Waals surface area contributed by atoms with Crippen molar-refractivity contribution >= 4 is 5.91 Å². The quantitative estimate of drug-likeness (QED) is 0.335. The van der Waals surface area contributed by atoms with Crippen molar-refractivity contribution in [2.45, 2.75) is 26.3 Å². The first-order chi connectivity index (χ1) is 8.60. The standard InChI is InChI=1S/C12H26N4O2/c1-10(2)11(12(18)14-13)16-5-3-4-15(6-7-16)8-9-17/h10-11,17H,3-9,13H2,1-2H3,(H,14,18). The highest BCUT2D eigenvalue weighted by Gasteiger charge is 2.29. The Morgan fingerprint density at radius 2 is 2.06 bits per heavy atom. The van der Waals surface area contributed by atoms with E-state index in [1.807, 2.05) is 13.8 Å². The first kappa shape index (κ1) is 15.4. The fraction of sp³-hybridized carbons (Fsp3) is 0.917. The Morgan fingerprint density at radius 1 is 1.33 bits per heavy atom. The molecule has 1 amide bonds. The maximum absolute atomic E-state index is 11.8. The molecule has 6 nitrogen and oxygen atoms in total. The van der Waals surface area contributed by atoms with Gasteiger partial charge < -0.3 is 5.11 Å². The number of carbonyl (C=O) groups excluding carboxylic acids is 1. The molecule has 1 aliphatic rings. The molecule has 1 unspecified atom stereocenters. The van der Waals surface area contributed by atoms with Crippen LogP contribution in [0.25, 0.3) is 0 Å². The molecule has 1 fully saturated rings. The van der Waals surface area contributed by atoms with Gasteiger partial charge in [0.1, 0.15) is 0 Å². The van der Waals surface area contributed by atoms with Crippen molar-refractivity contribution in [2.75, 3.05) is 39.3 Å². The van der Waals surface area contributed by atoms with Crippen LogP contribution in [0.3, 0.4) is 0 Å². The molecule has 18 heavy (non-hydrogen) atoms. The Hall–Kier alpha value is -0.690. The molecule has 0 aromatic carbocycles. The lowest BCUT2D eigenvalue weighted by Crippen LogP contribution is -2.52. The van der Waals surface area contributed by atoms with Crippen molar-refractivity contribution in [3.8, 4) is 0 Å². The van der Waals surface area contributed by atoms with Crippen LogP contribution in [0.15, 0.2) is 0 Å². The maximum Gasteiger partial charge on any atom is 0.251 e. The van der Waals surface area contributed by atoms with Crippen LogP contribution in [0.5, 0.6) is 0 Å². The average Bonchev–Trinajstić information content (AvgIpc) is 2.55. The minimum absolute atomic E-state index is 0.111. The molecule has 0 aromatic rings. The SMILES string of the molecule is CC(C)C(C(=O)NN)N1CCCN(CCO)CC1. The second-order valence-corrected chi connectivity index (χ2v) is 5.15. The number of nitrogens with one attached hydrogen (secondary N) is 1. The van der Waals surface area contributed by atoms with Gasteiger partial charge in [-0.1, -0.05) is 13.8 Å². The fourth-order valence-electron chi connectivity index (χ4n) is 2.61. The molecule has 4 N–H and O–H groups in total. The molecule has 1 saturated heterocycles. The molecule has 6 heteroatoms. The predicted molar refractivity (Wildman–Crippen MR) is 70.7 cm³/mol. The lowest BCUT2D eigenvalue weighted by atomic mass is 10.0. The molecule has 1 aliphatic heterocycles. The normalized spacial score (nSPS) is 20.7. The van der Waals surface area contributed by atoms with Crippen molar-refractivity contribution in [3.63, 3.8) is 0 Å². The molecule has 0 spiro atoms. The number of β-amino-alcohol motifs (C(OH)–C–C–N with tert-alkyl or cyclic N) is 1. The summed E-state index contributed by atoms with van der Waals surface area (Å²) < 4.78 is 0. The highest BCUT2D eigenvalue weighted by Crippen LogP contribution is 2.14. The summed E-state index contributed by atoms with van der Waals surface area (Å²) in [4.78, 5) is 16.3. The monoisotopic (exact) mass is 258 g/mol. The third-order valence-electron chi connectivity index (χ3n) is 3.48. The van der Waals surface area contributed by atoms with Crippen molar-refractivity contribution in [3.05, 3.63) is 0 Å². The zero-order valence-electron chi connectivity index (χ0n) is 11.4. The summed E-state index contributed by atoms with van der Waals surface area (Å²) in [5.41, 5.74) is 2.27. The second kappa shape index (κ2) is 7.68. The van der Waals surface area contributed by atoms with Gasteiger partial charge in [-0.15, -0.1) is 0 Å². The third-order valence-corrected chi connectivity index (χ3v) is 3.48. The summed E-state index contributed by atoms with van der Waals surface area (Å²) in [6, 6.07) is -0.163. The van der Waals surface area contributed by atoms with Gasteiger partial charge in [-0.3, -0.25) is 20.0 Å². The van der Waals surface area contributed by atoms with Crippen LogP contribution in [-0.4, -0.2) is 66.2 Å². The number of carbonyl (C=O) groups is 1. The van der Waals surface area contributed by atoms with E-state index in [1.165, 1.54) is 0 Å². The summed E-state index contributed by atoms with van der Waals surface area (Å²) in [7, 11) is 0. The molecule has 1 rings (SSSR count). The van der Waals surface area contributed by atoms with E-state index in [9.17, 15) is 4.79 Å². The predicted octanol–water partition coefficient (Wildman–Crippen LogP) is -0.999. The molecule has 1 atom stereocenters. The number of amides is 1. The van der Waals surface area contributed by atoms with Crippen LogP contribution in [0.1, 0.15) is 20.3 Å². The number of hydrogen-bond donors (Lipinski definition) is 3. The zero-order chi connectivity index (χ0) is 13.5. The van der Waals surface area contributed by atoms with Gasteiger partial charge in [0.05, 0.1) is 12.6 Å². The molecular formula is C12H26N4O2. The molecule has 0 bridgehead atoms. The van der Waals surface area contributed by atoms with Gasteiger partial charge in [0, 0.05) is 26.2 Å². The number of nitrogens with zero attached hydrogens (tertiary/aromatic N) is 2. The Bertz CT molecular complexity index is 260. The van der Waals surface area contributed by atoms with Gasteiger partial charge in [0.25, 0.3) is 5.91 Å². The van der Waals surface area contributed by atoms with Gasteiger partial charge in [-0.25, -0.2) is 5.84 Å². The molecular weight excluding hydrogens is 232 g/mol. The van der Waals surface area contributed by atoms with Crippen LogP contribution in [0, 0.1) is 5.92 Å². The third kappa shape index (κ3) is 4.20. The maximum atomic E-state index is 11.8. The Morgan fingerprint density at radius 3 is 2.61 bits per heavy atom. The molecule has 0 radical (unpaired) electrons. The summed E-state index contributed by atoms with van der Waals surface area (Å²) in [6.07, 6.45) is 1.01. The van der Waals surface area contributed by atoms with Crippen molar-refractivity contribution < 1.29 is 9.90 Å². The number of aliphatic hydroxyl groups is 1. The largest absolute Gasteiger partial charge is 0.395 e. The van der Waals surface area contributed by atoms with E-state index < -0.39 is 0 Å². The molecule has 106 valence electrons. The Balaban J connectivity index is 2.61. The van der Waals surface area contributed by atoms with E-state index in [0.29, 0.717) is 6.54 Å². The van der Waals surface area contributed by atoms with Crippen LogP contribution < -0.4 is 11.3 Å². The Labute approximate surface area is 109 Å². The lowest BCUT2D eigenvalue weighted by Gasteiger charge is -2.31. The smallest absolute Gasteiger partial charge is 0.251 e. The zero-order valence-corrected chi connectivity index (χ0v) is 11.4. The van der Waals surface area contributed by atoms with Crippen molar-refractivity contribution in [1.29, 1.82) is 0 Å². The molecule has 1 heterocycles. The van der Waals surface area contributed by atoms with Gasteiger partial charge in [0.2, 0.25) is 0 Å². The minimum atomic E-state index is -0.163. The number of aliphatic hydroxyl groups excluding tert-OH is 1. The van der Waals surface area contributed by atoms with E-state index >= 15 is 0 Å². The molecule has 0 saturated carbocycles. The van der Waals surface area contributed by atoms with Crippen LogP contribution in [-0.2, 0) is 4.79 Å². The number of hydrogen-bond acceptors (Lipinski definition) is 5. The summed E-state index contributed by atoms with van der Waals surface area (Å²) in [5.74, 6) is 5.39. The highest BCUT2D eigenvalue weighted by molar-refractivity contribution is 5.81. The summed E-state index contributed by atoms with van der Waals surface area (Å²) >= 11 is 0. The van der Waals surface area contributed by atoms with Crippen LogP contribution >= 0.6 is 0 Å². The van der Waals surface area contributed by atoms with Crippen LogP contribution in [0.2, 0.25) is 0 Å². The van der Waals surface area contributed by atoms with E-state index in [4.69, 9.17) is 10.9 Å².